The maximum atomic E-state index is 14.0. The van der Waals surface area contributed by atoms with Crippen LogP contribution in [0.3, 0.4) is 0 Å². The predicted molar refractivity (Wildman–Crippen MR) is 195 cm³/mol. The SMILES string of the molecule is CCCOC(=O)C[C@H](OC(=O)C[C@H](O[Si](c1ccccc1)(c1ccccc1)C(C)(C)C)C(=O)OCc1ccccc1)C(=O)OCc1ccccc1. The van der Waals surface area contributed by atoms with Gasteiger partial charge in [-0.3, -0.25) is 9.59 Å². The van der Waals surface area contributed by atoms with Crippen molar-refractivity contribution in [1.29, 1.82) is 0 Å². The summed E-state index contributed by atoms with van der Waals surface area (Å²) in [5.74, 6) is -3.36. The van der Waals surface area contributed by atoms with Gasteiger partial charge in [0.05, 0.1) is 19.4 Å². The van der Waals surface area contributed by atoms with E-state index in [-0.39, 0.29) is 19.8 Å². The van der Waals surface area contributed by atoms with Crippen molar-refractivity contribution in [3.05, 3.63) is 132 Å². The Bertz CT molecular complexity index is 1650. The number of carbonyl (C=O) groups excluding carboxylic acids is 4. The molecule has 0 heterocycles. The molecule has 0 fully saturated rings. The van der Waals surface area contributed by atoms with Crippen LogP contribution in [0.4, 0.5) is 0 Å². The van der Waals surface area contributed by atoms with Crippen molar-refractivity contribution < 1.29 is 42.6 Å². The summed E-state index contributed by atoms with van der Waals surface area (Å²) in [6, 6.07) is 37.5. The normalized spacial score (nSPS) is 12.6. The van der Waals surface area contributed by atoms with E-state index in [1.165, 1.54) is 0 Å². The third-order valence-corrected chi connectivity index (χ3v) is 13.2. The van der Waals surface area contributed by atoms with Gasteiger partial charge in [-0.1, -0.05) is 149 Å². The van der Waals surface area contributed by atoms with Crippen LogP contribution in [0.2, 0.25) is 5.04 Å². The van der Waals surface area contributed by atoms with Gasteiger partial charge < -0.3 is 23.4 Å². The Morgan fingerprint density at radius 3 is 1.41 bits per heavy atom. The molecule has 0 unspecified atom stereocenters. The van der Waals surface area contributed by atoms with Crippen molar-refractivity contribution in [1.82, 2.24) is 0 Å². The van der Waals surface area contributed by atoms with E-state index in [2.05, 4.69) is 0 Å². The van der Waals surface area contributed by atoms with Crippen LogP contribution in [-0.4, -0.2) is 51.0 Å². The molecular weight excluding hydrogens is 665 g/mol. The lowest BCUT2D eigenvalue weighted by Crippen LogP contribution is -2.68. The van der Waals surface area contributed by atoms with Crippen LogP contribution in [0.15, 0.2) is 121 Å². The summed E-state index contributed by atoms with van der Waals surface area (Å²) in [6.07, 6.45) is -3.62. The monoisotopic (exact) mass is 710 g/mol. The van der Waals surface area contributed by atoms with Gasteiger partial charge in [-0.05, 0) is 33.0 Å². The van der Waals surface area contributed by atoms with Crippen LogP contribution < -0.4 is 10.4 Å². The van der Waals surface area contributed by atoms with Crippen LogP contribution in [0.5, 0.6) is 0 Å². The van der Waals surface area contributed by atoms with Gasteiger partial charge in [-0.25, -0.2) is 9.59 Å². The van der Waals surface area contributed by atoms with E-state index in [9.17, 15) is 19.2 Å². The van der Waals surface area contributed by atoms with Crippen LogP contribution in [-0.2, 0) is 55.8 Å². The summed E-state index contributed by atoms with van der Waals surface area (Å²) in [6.45, 7) is 7.97. The van der Waals surface area contributed by atoms with Crippen LogP contribution in [0.25, 0.3) is 0 Å². The Balaban J connectivity index is 1.66. The molecule has 0 saturated heterocycles. The summed E-state index contributed by atoms with van der Waals surface area (Å²) in [5.41, 5.74) is 1.47. The summed E-state index contributed by atoms with van der Waals surface area (Å²) < 4.78 is 29.0. The van der Waals surface area contributed by atoms with Gasteiger partial charge in [0, 0.05) is 0 Å². The van der Waals surface area contributed by atoms with Crippen molar-refractivity contribution in [3.8, 4) is 0 Å². The van der Waals surface area contributed by atoms with Gasteiger partial charge >= 0.3 is 23.9 Å². The third kappa shape index (κ3) is 11.0. The molecule has 0 bridgehead atoms. The molecule has 9 nitrogen and oxygen atoms in total. The zero-order valence-electron chi connectivity index (χ0n) is 29.6. The highest BCUT2D eigenvalue weighted by Gasteiger charge is 2.53. The first-order valence-electron chi connectivity index (χ1n) is 17.1. The second kappa shape index (κ2) is 18.8. The van der Waals surface area contributed by atoms with Crippen molar-refractivity contribution in [2.75, 3.05) is 6.61 Å². The smallest absolute Gasteiger partial charge is 0.348 e. The fourth-order valence-corrected chi connectivity index (χ4v) is 10.3. The molecule has 10 heteroatoms. The van der Waals surface area contributed by atoms with Gasteiger partial charge in [0.1, 0.15) is 13.2 Å². The molecule has 0 aromatic heterocycles. The Morgan fingerprint density at radius 1 is 0.569 bits per heavy atom. The highest BCUT2D eigenvalue weighted by molar-refractivity contribution is 6.99. The summed E-state index contributed by atoms with van der Waals surface area (Å²) >= 11 is 0. The molecule has 0 aliphatic heterocycles. The maximum absolute atomic E-state index is 14.0. The summed E-state index contributed by atoms with van der Waals surface area (Å²) in [7, 11) is -3.38. The molecule has 0 aliphatic carbocycles. The molecule has 4 aromatic carbocycles. The first-order chi connectivity index (χ1) is 24.5. The first kappa shape index (κ1) is 38.7. The molecule has 0 N–H and O–H groups in total. The Morgan fingerprint density at radius 2 is 0.980 bits per heavy atom. The lowest BCUT2D eigenvalue weighted by molar-refractivity contribution is -0.175. The largest absolute Gasteiger partial charge is 0.466 e. The third-order valence-electron chi connectivity index (χ3n) is 8.15. The van der Waals surface area contributed by atoms with Crippen molar-refractivity contribution in [2.24, 2.45) is 0 Å². The van der Waals surface area contributed by atoms with Gasteiger partial charge in [-0.2, -0.15) is 0 Å². The van der Waals surface area contributed by atoms with Gasteiger partial charge in [0.25, 0.3) is 8.32 Å². The number of hydrogen-bond donors (Lipinski definition) is 0. The molecule has 4 aromatic rings. The Hall–Kier alpha value is -5.06. The van der Waals surface area contributed by atoms with E-state index in [0.717, 1.165) is 15.9 Å². The van der Waals surface area contributed by atoms with E-state index in [0.29, 0.717) is 12.0 Å². The van der Waals surface area contributed by atoms with Gasteiger partial charge in [-0.15, -0.1) is 0 Å². The zero-order chi connectivity index (χ0) is 36.7. The number of esters is 4. The summed E-state index contributed by atoms with van der Waals surface area (Å²) in [4.78, 5) is 53.6. The number of ether oxygens (including phenoxy) is 4. The number of benzene rings is 4. The highest BCUT2D eigenvalue weighted by atomic mass is 28.4. The van der Waals surface area contributed by atoms with Crippen molar-refractivity contribution in [2.45, 2.75) is 77.4 Å². The van der Waals surface area contributed by atoms with Gasteiger partial charge in [0.2, 0.25) is 6.10 Å². The second-order valence-electron chi connectivity index (χ2n) is 13.1. The van der Waals surface area contributed by atoms with E-state index in [1.54, 1.807) is 24.3 Å². The van der Waals surface area contributed by atoms with E-state index in [4.69, 9.17) is 23.4 Å². The maximum Gasteiger partial charge on any atom is 0.348 e. The fraction of sp³-hybridized carbons (Fsp3) is 0.317. The molecule has 0 aliphatic rings. The topological polar surface area (TPSA) is 114 Å². The standard InChI is InChI=1S/C41H46O9Si/c1-5-26-46-37(42)27-35(39(44)47-29-31-18-10-6-11-19-31)49-38(43)28-36(40(45)48-30-32-20-12-7-13-21-32)50-51(41(2,3)4,33-22-14-8-15-23-33)34-24-16-9-17-25-34/h6-25,35-36H,5,26-30H2,1-4H3/t35-,36-/m0/s1. The van der Waals surface area contributed by atoms with Crippen molar-refractivity contribution in [3.63, 3.8) is 0 Å². The molecule has 0 radical (unpaired) electrons. The second-order valence-corrected chi connectivity index (χ2v) is 17.3. The van der Waals surface area contributed by atoms with Gasteiger partial charge in [0.15, 0.2) is 6.10 Å². The lowest BCUT2D eigenvalue weighted by Gasteiger charge is -2.44. The molecule has 4 rings (SSSR count). The fourth-order valence-electron chi connectivity index (χ4n) is 5.68. The minimum Gasteiger partial charge on any atom is -0.466 e. The predicted octanol–water partition coefficient (Wildman–Crippen LogP) is 6.06. The molecule has 0 amide bonds. The van der Waals surface area contributed by atoms with E-state index < -0.39 is 62.3 Å². The molecule has 2 atom stereocenters. The zero-order valence-corrected chi connectivity index (χ0v) is 30.6. The lowest BCUT2D eigenvalue weighted by atomic mass is 10.2. The average molecular weight is 711 g/mol. The van der Waals surface area contributed by atoms with E-state index >= 15 is 0 Å². The molecular formula is C41H46O9Si. The minimum atomic E-state index is -3.38. The Kier molecular flexibility index (Phi) is 14.3. The Labute approximate surface area is 301 Å². The van der Waals surface area contributed by atoms with Crippen LogP contribution in [0, 0.1) is 0 Å². The highest BCUT2D eigenvalue weighted by Crippen LogP contribution is 2.38. The first-order valence-corrected chi connectivity index (χ1v) is 19.0. The number of carbonyl (C=O) groups is 4. The average Bonchev–Trinajstić information content (AvgIpc) is 3.14. The van der Waals surface area contributed by atoms with Crippen molar-refractivity contribution >= 4 is 42.6 Å². The molecule has 0 saturated carbocycles. The van der Waals surface area contributed by atoms with Crippen LogP contribution >= 0.6 is 0 Å². The quantitative estimate of drug-likeness (QED) is 0.0733. The van der Waals surface area contributed by atoms with Crippen LogP contribution in [0.1, 0.15) is 58.1 Å². The summed E-state index contributed by atoms with van der Waals surface area (Å²) in [5, 5.41) is 1.24. The molecule has 268 valence electrons. The molecule has 51 heavy (non-hydrogen) atoms. The number of hydrogen-bond acceptors (Lipinski definition) is 9. The molecule has 0 spiro atoms. The minimum absolute atomic E-state index is 0.0486. The number of rotatable bonds is 17. The van der Waals surface area contributed by atoms with E-state index in [1.807, 2.05) is 125 Å².